The molecule has 3 rings (SSSR count). The number of anilines is 2. The molecule has 3 nitrogen and oxygen atoms in total. The maximum atomic E-state index is 8.93. The molecule has 0 radical (unpaired) electrons. The molecule has 2 aromatic carbocycles. The van der Waals surface area contributed by atoms with Crippen LogP contribution in [-0.4, -0.2) is 4.98 Å². The van der Waals surface area contributed by atoms with Gasteiger partial charge < -0.3 is 5.32 Å². The Labute approximate surface area is 121 Å². The zero-order valence-electron chi connectivity index (χ0n) is 10.5. The van der Waals surface area contributed by atoms with Crippen LogP contribution >= 0.6 is 11.6 Å². The highest BCUT2D eigenvalue weighted by Gasteiger charge is 2.02. The Bertz CT molecular complexity index is 821. The minimum Gasteiger partial charge on any atom is -0.340 e. The summed E-state index contributed by atoms with van der Waals surface area (Å²) in [4.78, 5) is 4.16. The highest BCUT2D eigenvalue weighted by Crippen LogP contribution is 2.23. The van der Waals surface area contributed by atoms with Crippen molar-refractivity contribution in [1.29, 1.82) is 5.26 Å². The summed E-state index contributed by atoms with van der Waals surface area (Å²) < 4.78 is 0. The maximum Gasteiger partial charge on any atom is 0.133 e. The first kappa shape index (κ1) is 12.5. The fraction of sp³-hybridized carbons (Fsp3) is 0. The van der Waals surface area contributed by atoms with Crippen molar-refractivity contribution < 1.29 is 0 Å². The Hall–Kier alpha value is -2.57. The van der Waals surface area contributed by atoms with E-state index in [1.807, 2.05) is 36.4 Å². The van der Waals surface area contributed by atoms with Crippen LogP contribution < -0.4 is 5.32 Å². The second-order valence-electron chi connectivity index (χ2n) is 4.36. The molecule has 0 bridgehead atoms. The van der Waals surface area contributed by atoms with E-state index in [1.165, 1.54) is 11.5 Å². The molecule has 0 unspecified atom stereocenters. The number of nitriles is 1. The molecule has 4 heteroatoms. The van der Waals surface area contributed by atoms with Crippen LogP contribution in [0.4, 0.5) is 11.5 Å². The van der Waals surface area contributed by atoms with Crippen molar-refractivity contribution in [1.82, 2.24) is 4.98 Å². The van der Waals surface area contributed by atoms with E-state index in [2.05, 4.69) is 22.4 Å². The number of benzene rings is 2. The Balaban J connectivity index is 1.97. The van der Waals surface area contributed by atoms with Crippen LogP contribution in [0.2, 0.25) is 5.15 Å². The quantitative estimate of drug-likeness (QED) is 0.703. The SMILES string of the molecule is N#Cc1cc(Cl)nc(Nc2ccc3ccccc3c2)c1. The lowest BCUT2D eigenvalue weighted by molar-refractivity contribution is 1.29. The molecular weight excluding hydrogens is 270 g/mol. The van der Waals surface area contributed by atoms with Gasteiger partial charge in [0.15, 0.2) is 0 Å². The first-order chi connectivity index (χ1) is 9.74. The first-order valence-corrected chi connectivity index (χ1v) is 6.46. The van der Waals surface area contributed by atoms with Gasteiger partial charge in [0.1, 0.15) is 11.0 Å². The zero-order valence-corrected chi connectivity index (χ0v) is 11.2. The van der Waals surface area contributed by atoms with Crippen LogP contribution in [0.1, 0.15) is 5.56 Å². The average Bonchev–Trinajstić information content (AvgIpc) is 2.46. The summed E-state index contributed by atoms with van der Waals surface area (Å²) in [5, 5.41) is 14.7. The van der Waals surface area contributed by atoms with Gasteiger partial charge in [-0.15, -0.1) is 0 Å². The topological polar surface area (TPSA) is 48.7 Å². The van der Waals surface area contributed by atoms with Gasteiger partial charge in [-0.2, -0.15) is 5.26 Å². The number of halogens is 1. The van der Waals surface area contributed by atoms with Crippen molar-refractivity contribution in [2.45, 2.75) is 0 Å². The summed E-state index contributed by atoms with van der Waals surface area (Å²) >= 11 is 5.89. The fourth-order valence-electron chi connectivity index (χ4n) is 2.04. The van der Waals surface area contributed by atoms with Crippen LogP contribution in [0.5, 0.6) is 0 Å². The molecule has 0 saturated carbocycles. The molecule has 0 atom stereocenters. The van der Waals surface area contributed by atoms with E-state index >= 15 is 0 Å². The van der Waals surface area contributed by atoms with Gasteiger partial charge in [-0.1, -0.05) is 41.9 Å². The summed E-state index contributed by atoms with van der Waals surface area (Å²) in [6.07, 6.45) is 0. The summed E-state index contributed by atoms with van der Waals surface area (Å²) in [6.45, 7) is 0. The maximum absolute atomic E-state index is 8.93. The number of hydrogen-bond donors (Lipinski definition) is 1. The van der Waals surface area contributed by atoms with E-state index in [-0.39, 0.29) is 0 Å². The molecule has 1 aromatic heterocycles. The largest absolute Gasteiger partial charge is 0.340 e. The van der Waals surface area contributed by atoms with Crippen LogP contribution in [-0.2, 0) is 0 Å². The Morgan fingerprint density at radius 2 is 1.80 bits per heavy atom. The minimum atomic E-state index is 0.298. The standard InChI is InChI=1S/C16H10ClN3/c17-15-7-11(10-18)8-16(20-15)19-14-6-5-12-3-1-2-4-13(12)9-14/h1-9H,(H,19,20). The second-order valence-corrected chi connectivity index (χ2v) is 4.75. The summed E-state index contributed by atoms with van der Waals surface area (Å²) in [7, 11) is 0. The molecule has 0 fully saturated rings. The lowest BCUT2D eigenvalue weighted by atomic mass is 10.1. The second kappa shape index (κ2) is 5.20. The lowest BCUT2D eigenvalue weighted by Gasteiger charge is -2.07. The number of hydrogen-bond acceptors (Lipinski definition) is 3. The van der Waals surface area contributed by atoms with Gasteiger partial charge >= 0.3 is 0 Å². The molecule has 0 saturated heterocycles. The number of nitrogens with zero attached hydrogens (tertiary/aromatic N) is 2. The molecule has 0 aliphatic heterocycles. The van der Waals surface area contributed by atoms with Crippen LogP contribution in [0, 0.1) is 11.3 Å². The van der Waals surface area contributed by atoms with E-state index < -0.39 is 0 Å². The van der Waals surface area contributed by atoms with Crippen molar-refractivity contribution in [3.63, 3.8) is 0 Å². The van der Waals surface area contributed by atoms with Crippen LogP contribution in [0.3, 0.4) is 0 Å². The fourth-order valence-corrected chi connectivity index (χ4v) is 2.25. The monoisotopic (exact) mass is 279 g/mol. The Kier molecular flexibility index (Phi) is 3.24. The number of aromatic nitrogens is 1. The van der Waals surface area contributed by atoms with Gasteiger partial charge in [0.25, 0.3) is 0 Å². The van der Waals surface area contributed by atoms with Crippen LogP contribution in [0.25, 0.3) is 10.8 Å². The highest BCUT2D eigenvalue weighted by molar-refractivity contribution is 6.29. The van der Waals surface area contributed by atoms with Crippen molar-refractivity contribution in [2.75, 3.05) is 5.32 Å². The molecule has 0 spiro atoms. The minimum absolute atomic E-state index is 0.298. The highest BCUT2D eigenvalue weighted by atomic mass is 35.5. The van der Waals surface area contributed by atoms with Gasteiger partial charge in [-0.05, 0) is 35.0 Å². The van der Waals surface area contributed by atoms with Gasteiger partial charge in [-0.25, -0.2) is 4.98 Å². The normalized spacial score (nSPS) is 10.2. The molecule has 96 valence electrons. The van der Waals surface area contributed by atoms with Gasteiger partial charge in [0.05, 0.1) is 11.6 Å². The van der Waals surface area contributed by atoms with E-state index in [0.29, 0.717) is 16.5 Å². The molecule has 0 amide bonds. The predicted octanol–water partition coefficient (Wildman–Crippen LogP) is 4.50. The van der Waals surface area contributed by atoms with Gasteiger partial charge in [0, 0.05) is 5.69 Å². The molecule has 0 aliphatic carbocycles. The van der Waals surface area contributed by atoms with E-state index in [0.717, 1.165) is 11.1 Å². The van der Waals surface area contributed by atoms with E-state index in [9.17, 15) is 0 Å². The average molecular weight is 280 g/mol. The third-order valence-corrected chi connectivity index (χ3v) is 3.14. The van der Waals surface area contributed by atoms with Gasteiger partial charge in [-0.3, -0.25) is 0 Å². The molecule has 20 heavy (non-hydrogen) atoms. The Morgan fingerprint density at radius 1 is 1.00 bits per heavy atom. The van der Waals surface area contributed by atoms with E-state index in [4.69, 9.17) is 16.9 Å². The predicted molar refractivity (Wildman–Crippen MR) is 81.2 cm³/mol. The van der Waals surface area contributed by atoms with Crippen molar-refractivity contribution in [3.05, 3.63) is 65.3 Å². The number of pyridine rings is 1. The Morgan fingerprint density at radius 3 is 2.60 bits per heavy atom. The van der Waals surface area contributed by atoms with Crippen molar-refractivity contribution in [3.8, 4) is 6.07 Å². The van der Waals surface area contributed by atoms with Crippen molar-refractivity contribution >= 4 is 33.9 Å². The molecule has 0 aliphatic rings. The zero-order chi connectivity index (χ0) is 13.9. The third-order valence-electron chi connectivity index (χ3n) is 2.95. The number of fused-ring (bicyclic) bond motifs is 1. The van der Waals surface area contributed by atoms with Crippen LogP contribution in [0.15, 0.2) is 54.6 Å². The van der Waals surface area contributed by atoms with E-state index in [1.54, 1.807) is 6.07 Å². The van der Waals surface area contributed by atoms with Crippen molar-refractivity contribution in [2.24, 2.45) is 0 Å². The molecular formula is C16H10ClN3. The number of nitrogens with one attached hydrogen (secondary N) is 1. The third kappa shape index (κ3) is 2.56. The smallest absolute Gasteiger partial charge is 0.133 e. The molecule has 1 N–H and O–H groups in total. The van der Waals surface area contributed by atoms with Gasteiger partial charge in [0.2, 0.25) is 0 Å². The summed E-state index contributed by atoms with van der Waals surface area (Å²) in [6, 6.07) is 19.4. The number of rotatable bonds is 2. The first-order valence-electron chi connectivity index (χ1n) is 6.08. The lowest BCUT2D eigenvalue weighted by Crippen LogP contribution is -1.94. The summed E-state index contributed by atoms with van der Waals surface area (Å²) in [5.41, 5.74) is 1.38. The molecule has 3 aromatic rings. The summed E-state index contributed by atoms with van der Waals surface area (Å²) in [5.74, 6) is 0.560. The molecule has 1 heterocycles.